The van der Waals surface area contributed by atoms with Crippen molar-refractivity contribution in [3.05, 3.63) is 0 Å². The van der Waals surface area contributed by atoms with Crippen LogP contribution < -0.4 is 0 Å². The molecule has 0 aliphatic carbocycles. The predicted octanol–water partition coefficient (Wildman–Crippen LogP) is 2.45. The van der Waals surface area contributed by atoms with Crippen molar-refractivity contribution in [3.8, 4) is 0 Å². The largest absolute Gasteiger partial charge is 0.302 e. The first-order chi connectivity index (χ1) is 8.05. The Morgan fingerprint density at radius 3 is 2.53 bits per heavy atom. The molecule has 1 atom stereocenters. The zero-order valence-electron chi connectivity index (χ0n) is 10.8. The van der Waals surface area contributed by atoms with Gasteiger partial charge in [-0.1, -0.05) is 6.92 Å². The zero-order chi connectivity index (χ0) is 12.3. The van der Waals surface area contributed by atoms with Crippen LogP contribution in [0, 0.1) is 5.92 Å². The van der Waals surface area contributed by atoms with Crippen molar-refractivity contribution in [2.24, 2.45) is 5.92 Å². The van der Waals surface area contributed by atoms with E-state index < -0.39 is 5.92 Å². The number of rotatable bonds is 3. The van der Waals surface area contributed by atoms with Gasteiger partial charge in [0.25, 0.3) is 5.92 Å². The molecule has 0 aromatic rings. The summed E-state index contributed by atoms with van der Waals surface area (Å²) in [6.45, 7) is 7.15. The van der Waals surface area contributed by atoms with Gasteiger partial charge in [-0.15, -0.1) is 0 Å². The second kappa shape index (κ2) is 5.61. The fourth-order valence-corrected chi connectivity index (χ4v) is 3.01. The number of hydrogen-bond donors (Lipinski definition) is 0. The topological polar surface area (TPSA) is 6.48 Å². The van der Waals surface area contributed by atoms with Gasteiger partial charge in [0.2, 0.25) is 0 Å². The van der Waals surface area contributed by atoms with E-state index in [2.05, 4.69) is 11.8 Å². The van der Waals surface area contributed by atoms with Crippen LogP contribution in [0.15, 0.2) is 0 Å². The van der Waals surface area contributed by atoms with Gasteiger partial charge in [0.05, 0.1) is 6.54 Å². The molecule has 17 heavy (non-hydrogen) atoms. The molecule has 2 nitrogen and oxygen atoms in total. The molecule has 0 aromatic heterocycles. The van der Waals surface area contributed by atoms with Gasteiger partial charge in [0.15, 0.2) is 0 Å². The number of piperidine rings is 2. The van der Waals surface area contributed by atoms with E-state index in [0.717, 1.165) is 38.6 Å². The molecule has 0 unspecified atom stereocenters. The smallest absolute Gasteiger partial charge is 0.260 e. The molecule has 2 aliphatic rings. The molecule has 2 fully saturated rings. The number of hydrogen-bond acceptors (Lipinski definition) is 2. The Morgan fingerprint density at radius 1 is 1.12 bits per heavy atom. The molecule has 2 aliphatic heterocycles. The zero-order valence-corrected chi connectivity index (χ0v) is 10.8. The van der Waals surface area contributed by atoms with E-state index in [4.69, 9.17) is 0 Å². The third kappa shape index (κ3) is 4.18. The van der Waals surface area contributed by atoms with Crippen LogP contribution in [0.2, 0.25) is 0 Å². The molecule has 0 aromatic carbocycles. The summed E-state index contributed by atoms with van der Waals surface area (Å²) in [5.41, 5.74) is 0. The summed E-state index contributed by atoms with van der Waals surface area (Å²) in [4.78, 5) is 4.36. The van der Waals surface area contributed by atoms with Crippen LogP contribution in [0.3, 0.4) is 0 Å². The SMILES string of the molecule is C[C@H]1CCCN(CCN2CCCC(F)(F)C2)C1. The second-order valence-corrected chi connectivity index (χ2v) is 5.78. The van der Waals surface area contributed by atoms with Crippen LogP contribution in [-0.2, 0) is 0 Å². The minimum atomic E-state index is -2.45. The minimum Gasteiger partial charge on any atom is -0.302 e. The van der Waals surface area contributed by atoms with Crippen molar-refractivity contribution < 1.29 is 8.78 Å². The Labute approximate surface area is 103 Å². The normalized spacial score (nSPS) is 31.6. The molecular weight excluding hydrogens is 222 g/mol. The lowest BCUT2D eigenvalue weighted by atomic mass is 10.0. The third-order valence-electron chi connectivity index (χ3n) is 3.95. The van der Waals surface area contributed by atoms with E-state index >= 15 is 0 Å². The van der Waals surface area contributed by atoms with E-state index in [1.807, 2.05) is 4.90 Å². The van der Waals surface area contributed by atoms with Crippen LogP contribution in [0.1, 0.15) is 32.6 Å². The van der Waals surface area contributed by atoms with Crippen molar-refractivity contribution in [2.45, 2.75) is 38.5 Å². The summed E-state index contributed by atoms with van der Waals surface area (Å²) in [5, 5.41) is 0. The van der Waals surface area contributed by atoms with Gasteiger partial charge in [0, 0.05) is 26.1 Å². The summed E-state index contributed by atoms with van der Waals surface area (Å²) < 4.78 is 26.5. The average molecular weight is 246 g/mol. The van der Waals surface area contributed by atoms with Crippen LogP contribution >= 0.6 is 0 Å². The van der Waals surface area contributed by atoms with Crippen molar-refractivity contribution in [1.82, 2.24) is 9.80 Å². The molecule has 0 radical (unpaired) electrons. The minimum absolute atomic E-state index is 0.0314. The standard InChI is InChI=1S/C13H24F2N2/c1-12-4-2-6-16(10-12)8-9-17-7-3-5-13(14,15)11-17/h12H,2-11H2,1H3/t12-/m0/s1. The lowest BCUT2D eigenvalue weighted by Crippen LogP contribution is -2.46. The van der Waals surface area contributed by atoms with Crippen LogP contribution in [0.5, 0.6) is 0 Å². The fraction of sp³-hybridized carbons (Fsp3) is 1.00. The van der Waals surface area contributed by atoms with Gasteiger partial charge in [-0.3, -0.25) is 4.90 Å². The highest BCUT2D eigenvalue weighted by atomic mass is 19.3. The molecule has 0 spiro atoms. The van der Waals surface area contributed by atoms with Crippen LogP contribution in [0.4, 0.5) is 8.78 Å². The first kappa shape index (κ1) is 13.2. The van der Waals surface area contributed by atoms with Crippen LogP contribution in [0.25, 0.3) is 0 Å². The van der Waals surface area contributed by atoms with Gasteiger partial charge in [-0.2, -0.15) is 0 Å². The molecule has 0 bridgehead atoms. The lowest BCUT2D eigenvalue weighted by molar-refractivity contribution is -0.0655. The van der Waals surface area contributed by atoms with Gasteiger partial charge >= 0.3 is 0 Å². The Kier molecular flexibility index (Phi) is 4.36. The first-order valence-corrected chi connectivity index (χ1v) is 6.88. The molecule has 2 saturated heterocycles. The molecule has 0 amide bonds. The Hall–Kier alpha value is -0.220. The van der Waals surface area contributed by atoms with E-state index in [0.29, 0.717) is 6.42 Å². The highest BCUT2D eigenvalue weighted by Crippen LogP contribution is 2.26. The van der Waals surface area contributed by atoms with Gasteiger partial charge < -0.3 is 4.90 Å². The summed E-state index contributed by atoms with van der Waals surface area (Å²) in [7, 11) is 0. The first-order valence-electron chi connectivity index (χ1n) is 6.88. The molecule has 100 valence electrons. The molecule has 4 heteroatoms. The summed E-state index contributed by atoms with van der Waals surface area (Å²) in [6, 6.07) is 0. The highest BCUT2D eigenvalue weighted by molar-refractivity contribution is 4.80. The summed E-state index contributed by atoms with van der Waals surface area (Å²) >= 11 is 0. The quantitative estimate of drug-likeness (QED) is 0.754. The second-order valence-electron chi connectivity index (χ2n) is 5.78. The van der Waals surface area contributed by atoms with Crippen LogP contribution in [-0.4, -0.2) is 55.0 Å². The molecule has 2 rings (SSSR count). The number of alkyl halides is 2. The van der Waals surface area contributed by atoms with Crippen molar-refractivity contribution in [3.63, 3.8) is 0 Å². The van der Waals surface area contributed by atoms with E-state index in [1.165, 1.54) is 12.8 Å². The van der Waals surface area contributed by atoms with E-state index in [1.54, 1.807) is 0 Å². The van der Waals surface area contributed by atoms with Gasteiger partial charge in [-0.05, 0) is 38.3 Å². The molecular formula is C13H24F2N2. The maximum atomic E-state index is 13.2. The van der Waals surface area contributed by atoms with Gasteiger partial charge in [-0.25, -0.2) is 8.78 Å². The van der Waals surface area contributed by atoms with Crippen molar-refractivity contribution in [2.75, 3.05) is 39.3 Å². The maximum absolute atomic E-state index is 13.2. The average Bonchev–Trinajstić information content (AvgIpc) is 2.25. The number of nitrogens with zero attached hydrogens (tertiary/aromatic N) is 2. The van der Waals surface area contributed by atoms with E-state index in [-0.39, 0.29) is 13.0 Å². The number of halogens is 2. The maximum Gasteiger partial charge on any atom is 0.260 e. The molecule has 0 N–H and O–H groups in total. The van der Waals surface area contributed by atoms with E-state index in [9.17, 15) is 8.78 Å². The summed E-state index contributed by atoms with van der Waals surface area (Å²) in [6.07, 6.45) is 3.29. The predicted molar refractivity (Wildman–Crippen MR) is 65.5 cm³/mol. The monoisotopic (exact) mass is 246 g/mol. The van der Waals surface area contributed by atoms with Gasteiger partial charge in [0.1, 0.15) is 0 Å². The Morgan fingerprint density at radius 2 is 1.82 bits per heavy atom. The van der Waals surface area contributed by atoms with Crippen molar-refractivity contribution >= 4 is 0 Å². The fourth-order valence-electron chi connectivity index (χ4n) is 3.01. The molecule has 0 saturated carbocycles. The third-order valence-corrected chi connectivity index (χ3v) is 3.95. The lowest BCUT2D eigenvalue weighted by Gasteiger charge is -2.36. The van der Waals surface area contributed by atoms with Crippen molar-refractivity contribution in [1.29, 1.82) is 0 Å². The highest BCUT2D eigenvalue weighted by Gasteiger charge is 2.34. The Balaban J connectivity index is 1.70. The summed E-state index contributed by atoms with van der Waals surface area (Å²) in [5.74, 6) is -1.68. The Bertz CT molecular complexity index is 246. The number of likely N-dealkylation sites (tertiary alicyclic amines) is 2. The molecule has 2 heterocycles.